The summed E-state index contributed by atoms with van der Waals surface area (Å²) in [6.45, 7) is 9.00. The van der Waals surface area contributed by atoms with Crippen molar-refractivity contribution >= 4 is 0 Å². The number of nitrogens with zero attached hydrogens (tertiary/aromatic N) is 1. The number of morpholine rings is 1. The van der Waals surface area contributed by atoms with Crippen molar-refractivity contribution < 1.29 is 14.6 Å². The van der Waals surface area contributed by atoms with Crippen molar-refractivity contribution in [3.05, 3.63) is 65.7 Å². The Balaban J connectivity index is 1.76. The number of unbranched alkanes of at least 4 members (excludes halogenated alkanes) is 2. The Morgan fingerprint density at radius 1 is 1.03 bits per heavy atom. The lowest BCUT2D eigenvalue weighted by Crippen LogP contribution is -2.43. The first-order chi connectivity index (χ1) is 14.1. The molecule has 0 amide bonds. The van der Waals surface area contributed by atoms with Gasteiger partial charge in [0, 0.05) is 25.6 Å². The van der Waals surface area contributed by atoms with Crippen LogP contribution in [0.5, 0.6) is 5.75 Å². The second-order valence-electron chi connectivity index (χ2n) is 8.10. The smallest absolute Gasteiger partial charge is 0.119 e. The van der Waals surface area contributed by atoms with Gasteiger partial charge in [0.25, 0.3) is 0 Å². The first kappa shape index (κ1) is 21.8. The first-order valence-corrected chi connectivity index (χ1v) is 10.9. The largest absolute Gasteiger partial charge is 0.494 e. The highest BCUT2D eigenvalue weighted by molar-refractivity contribution is 5.35. The number of aliphatic hydroxyl groups is 1. The number of hydrogen-bond donors (Lipinski definition) is 1. The van der Waals surface area contributed by atoms with Gasteiger partial charge in [0.05, 0.1) is 25.4 Å². The molecule has 0 spiro atoms. The summed E-state index contributed by atoms with van der Waals surface area (Å²) in [6.07, 6.45) is 3.45. The number of ether oxygens (including phenoxy) is 2. The Morgan fingerprint density at radius 3 is 2.38 bits per heavy atom. The average Bonchev–Trinajstić information content (AvgIpc) is 2.77. The molecule has 1 fully saturated rings. The molecule has 0 aliphatic carbocycles. The van der Waals surface area contributed by atoms with Gasteiger partial charge in [-0.1, -0.05) is 62.2 Å². The quantitative estimate of drug-likeness (QED) is 0.596. The van der Waals surface area contributed by atoms with Crippen molar-refractivity contribution in [3.63, 3.8) is 0 Å². The van der Waals surface area contributed by atoms with E-state index in [9.17, 15) is 5.11 Å². The predicted molar refractivity (Wildman–Crippen MR) is 117 cm³/mol. The molecular weight excluding hydrogens is 362 g/mol. The fourth-order valence-electron chi connectivity index (χ4n) is 3.97. The summed E-state index contributed by atoms with van der Waals surface area (Å²) in [5.74, 6) is 0.836. The van der Waals surface area contributed by atoms with E-state index in [1.54, 1.807) is 0 Å². The third-order valence-electron chi connectivity index (χ3n) is 5.88. The molecule has 3 rings (SSSR count). The van der Waals surface area contributed by atoms with Crippen molar-refractivity contribution in [1.29, 1.82) is 0 Å². The van der Waals surface area contributed by atoms with Crippen LogP contribution in [0.4, 0.5) is 0 Å². The van der Waals surface area contributed by atoms with Gasteiger partial charge >= 0.3 is 0 Å². The summed E-state index contributed by atoms with van der Waals surface area (Å²) in [6, 6.07) is 18.3. The molecule has 1 aliphatic heterocycles. The van der Waals surface area contributed by atoms with Crippen LogP contribution in [-0.4, -0.2) is 49.5 Å². The van der Waals surface area contributed by atoms with Crippen LogP contribution in [0, 0.1) is 0 Å². The molecule has 1 N–H and O–H groups in total. The molecule has 158 valence electrons. The molecule has 2 atom stereocenters. The van der Waals surface area contributed by atoms with E-state index in [1.165, 1.54) is 12.8 Å². The van der Waals surface area contributed by atoms with Crippen LogP contribution >= 0.6 is 0 Å². The molecule has 4 nitrogen and oxygen atoms in total. The van der Waals surface area contributed by atoms with E-state index in [-0.39, 0.29) is 5.92 Å². The second-order valence-corrected chi connectivity index (χ2v) is 8.10. The van der Waals surface area contributed by atoms with Crippen molar-refractivity contribution in [2.24, 2.45) is 0 Å². The molecule has 0 radical (unpaired) electrons. The van der Waals surface area contributed by atoms with Gasteiger partial charge in [-0.3, -0.25) is 4.90 Å². The zero-order valence-electron chi connectivity index (χ0n) is 17.8. The van der Waals surface area contributed by atoms with E-state index in [1.807, 2.05) is 49.4 Å². The fraction of sp³-hybridized carbons (Fsp3) is 0.520. The standard InChI is InChI=1S/C25H35NO3/c1-3-4-8-17-29-23-13-11-22(12-14-23)25(2,27)24(21-9-6-5-7-10-21)20-26-15-18-28-19-16-26/h5-7,9-14,24,27H,3-4,8,15-20H2,1-2H3/t24-,25+/m0/s1. The topological polar surface area (TPSA) is 41.9 Å². The molecule has 4 heteroatoms. The van der Waals surface area contributed by atoms with Gasteiger partial charge in [-0.2, -0.15) is 0 Å². The van der Waals surface area contributed by atoms with Crippen molar-refractivity contribution in [2.45, 2.75) is 44.6 Å². The molecule has 1 aliphatic rings. The Kier molecular flexibility index (Phi) is 8.10. The summed E-state index contributed by atoms with van der Waals surface area (Å²) in [7, 11) is 0. The van der Waals surface area contributed by atoms with E-state index in [4.69, 9.17) is 9.47 Å². The van der Waals surface area contributed by atoms with E-state index in [0.717, 1.165) is 62.8 Å². The van der Waals surface area contributed by atoms with Gasteiger partial charge in [-0.25, -0.2) is 0 Å². The Hall–Kier alpha value is -1.88. The first-order valence-electron chi connectivity index (χ1n) is 10.9. The van der Waals surface area contributed by atoms with Crippen molar-refractivity contribution in [3.8, 4) is 5.75 Å². The fourth-order valence-corrected chi connectivity index (χ4v) is 3.97. The summed E-state index contributed by atoms with van der Waals surface area (Å²) in [5, 5.41) is 11.7. The lowest BCUT2D eigenvalue weighted by Gasteiger charge is -2.38. The lowest BCUT2D eigenvalue weighted by molar-refractivity contribution is -0.0107. The number of rotatable bonds is 10. The molecule has 1 saturated heterocycles. The van der Waals surface area contributed by atoms with Crippen LogP contribution in [0.15, 0.2) is 54.6 Å². The second kappa shape index (κ2) is 10.8. The lowest BCUT2D eigenvalue weighted by atomic mass is 9.78. The van der Waals surface area contributed by atoms with Crippen molar-refractivity contribution in [2.75, 3.05) is 39.5 Å². The normalized spacial score (nSPS) is 18.2. The van der Waals surface area contributed by atoms with Gasteiger partial charge in [0.1, 0.15) is 5.75 Å². The van der Waals surface area contributed by atoms with Crippen LogP contribution in [0.1, 0.15) is 50.2 Å². The van der Waals surface area contributed by atoms with Crippen LogP contribution in [0.3, 0.4) is 0 Å². The molecule has 2 aromatic rings. The van der Waals surface area contributed by atoms with Crippen LogP contribution < -0.4 is 4.74 Å². The zero-order chi connectivity index (χ0) is 20.5. The van der Waals surface area contributed by atoms with Gasteiger partial charge in [-0.15, -0.1) is 0 Å². The molecule has 0 bridgehead atoms. The highest BCUT2D eigenvalue weighted by Gasteiger charge is 2.36. The summed E-state index contributed by atoms with van der Waals surface area (Å²) in [5.41, 5.74) is 1.09. The van der Waals surface area contributed by atoms with Crippen LogP contribution in [-0.2, 0) is 10.3 Å². The van der Waals surface area contributed by atoms with E-state index in [2.05, 4.69) is 24.0 Å². The summed E-state index contributed by atoms with van der Waals surface area (Å²) in [4.78, 5) is 2.39. The summed E-state index contributed by atoms with van der Waals surface area (Å²) >= 11 is 0. The summed E-state index contributed by atoms with van der Waals surface area (Å²) < 4.78 is 11.3. The SMILES string of the molecule is CCCCCOc1ccc([C@@](C)(O)[C@@H](CN2CCOCC2)c2ccccc2)cc1. The molecular formula is C25H35NO3. The van der Waals surface area contributed by atoms with Gasteiger partial charge < -0.3 is 14.6 Å². The Morgan fingerprint density at radius 2 is 1.72 bits per heavy atom. The van der Waals surface area contributed by atoms with Gasteiger partial charge in [0.2, 0.25) is 0 Å². The zero-order valence-corrected chi connectivity index (χ0v) is 17.8. The maximum atomic E-state index is 11.7. The maximum Gasteiger partial charge on any atom is 0.119 e. The van der Waals surface area contributed by atoms with Gasteiger partial charge in [0.15, 0.2) is 0 Å². The molecule has 2 aromatic carbocycles. The highest BCUT2D eigenvalue weighted by atomic mass is 16.5. The molecule has 29 heavy (non-hydrogen) atoms. The van der Waals surface area contributed by atoms with Crippen LogP contribution in [0.25, 0.3) is 0 Å². The van der Waals surface area contributed by atoms with Crippen LogP contribution in [0.2, 0.25) is 0 Å². The third kappa shape index (κ3) is 6.05. The predicted octanol–water partition coefficient (Wildman–Crippen LogP) is 4.58. The Labute approximate surface area is 175 Å². The third-order valence-corrected chi connectivity index (χ3v) is 5.88. The molecule has 0 saturated carbocycles. The molecule has 0 aromatic heterocycles. The molecule has 0 unspecified atom stereocenters. The molecule has 1 heterocycles. The minimum absolute atomic E-state index is 0.0295. The minimum Gasteiger partial charge on any atom is -0.494 e. The monoisotopic (exact) mass is 397 g/mol. The number of hydrogen-bond acceptors (Lipinski definition) is 4. The van der Waals surface area contributed by atoms with E-state index in [0.29, 0.717) is 0 Å². The minimum atomic E-state index is -0.986. The van der Waals surface area contributed by atoms with E-state index < -0.39 is 5.60 Å². The average molecular weight is 398 g/mol. The number of benzene rings is 2. The highest BCUT2D eigenvalue weighted by Crippen LogP contribution is 2.38. The van der Waals surface area contributed by atoms with Gasteiger partial charge in [-0.05, 0) is 36.6 Å². The van der Waals surface area contributed by atoms with Crippen molar-refractivity contribution in [1.82, 2.24) is 4.90 Å². The van der Waals surface area contributed by atoms with E-state index >= 15 is 0 Å². The Bertz CT molecular complexity index is 709. The maximum absolute atomic E-state index is 11.7.